The predicted molar refractivity (Wildman–Crippen MR) is 104 cm³/mol. The minimum atomic E-state index is 0.561. The molecular formula is C19H29N3OS. The lowest BCUT2D eigenvalue weighted by atomic mass is 9.86. The van der Waals surface area contributed by atoms with Crippen molar-refractivity contribution >= 4 is 23.0 Å². The van der Waals surface area contributed by atoms with E-state index in [1.807, 2.05) is 12.1 Å². The van der Waals surface area contributed by atoms with Crippen LogP contribution in [0.15, 0.2) is 24.3 Å². The minimum absolute atomic E-state index is 0.561. The molecule has 4 nitrogen and oxygen atoms in total. The average Bonchev–Trinajstić information content (AvgIpc) is 2.64. The second-order valence-corrected chi connectivity index (χ2v) is 7.38. The van der Waals surface area contributed by atoms with Gasteiger partial charge in [0.1, 0.15) is 5.75 Å². The molecule has 1 aliphatic carbocycles. The molecule has 1 saturated heterocycles. The standard InChI is InChI=1S/C19H29N3OS/c1-15-5-3-4-6-18(15)20-19(24)22-13-11-21(12-14-22)16-7-9-17(23-2)10-8-16/h7-10,15,18H,3-6,11-14H2,1-2H3,(H,20,24)/t15-,18+/m1/s1. The van der Waals surface area contributed by atoms with E-state index in [0.29, 0.717) is 6.04 Å². The van der Waals surface area contributed by atoms with Crippen LogP contribution in [-0.2, 0) is 0 Å². The van der Waals surface area contributed by atoms with E-state index in [1.165, 1.54) is 31.4 Å². The van der Waals surface area contributed by atoms with Crippen molar-refractivity contribution in [1.29, 1.82) is 0 Å². The van der Waals surface area contributed by atoms with Gasteiger partial charge in [0.05, 0.1) is 7.11 Å². The Morgan fingerprint density at radius 2 is 1.75 bits per heavy atom. The first-order valence-corrected chi connectivity index (χ1v) is 9.52. The highest BCUT2D eigenvalue weighted by molar-refractivity contribution is 7.80. The van der Waals surface area contributed by atoms with E-state index in [-0.39, 0.29) is 0 Å². The Bertz CT molecular complexity index is 540. The molecule has 1 aliphatic heterocycles. The number of nitrogens with zero attached hydrogens (tertiary/aromatic N) is 2. The molecule has 1 aromatic carbocycles. The van der Waals surface area contributed by atoms with E-state index in [1.54, 1.807) is 7.11 Å². The number of hydrogen-bond acceptors (Lipinski definition) is 3. The second-order valence-electron chi connectivity index (χ2n) is 6.99. The Morgan fingerprint density at radius 3 is 2.38 bits per heavy atom. The summed E-state index contributed by atoms with van der Waals surface area (Å²) in [6.45, 7) is 6.34. The Balaban J connectivity index is 1.49. The Hall–Kier alpha value is -1.49. The molecule has 5 heteroatoms. The summed E-state index contributed by atoms with van der Waals surface area (Å²) in [6, 6.07) is 8.88. The summed E-state index contributed by atoms with van der Waals surface area (Å²) in [7, 11) is 1.70. The number of piperazine rings is 1. The summed E-state index contributed by atoms with van der Waals surface area (Å²) in [5, 5.41) is 4.58. The van der Waals surface area contributed by atoms with E-state index >= 15 is 0 Å². The summed E-state index contributed by atoms with van der Waals surface area (Å²) >= 11 is 5.68. The van der Waals surface area contributed by atoms with Crippen LogP contribution < -0.4 is 15.0 Å². The van der Waals surface area contributed by atoms with E-state index in [9.17, 15) is 0 Å². The molecule has 132 valence electrons. The number of anilines is 1. The molecule has 0 unspecified atom stereocenters. The molecule has 0 radical (unpaired) electrons. The first kappa shape index (κ1) is 17.3. The molecule has 2 atom stereocenters. The zero-order chi connectivity index (χ0) is 16.9. The predicted octanol–water partition coefficient (Wildman–Crippen LogP) is 3.27. The van der Waals surface area contributed by atoms with Gasteiger partial charge >= 0.3 is 0 Å². The number of ether oxygens (including phenoxy) is 1. The van der Waals surface area contributed by atoms with Crippen molar-refractivity contribution in [2.45, 2.75) is 38.6 Å². The number of methoxy groups -OCH3 is 1. The highest BCUT2D eigenvalue weighted by Gasteiger charge is 2.25. The quantitative estimate of drug-likeness (QED) is 0.847. The van der Waals surface area contributed by atoms with Crippen LogP contribution >= 0.6 is 12.2 Å². The van der Waals surface area contributed by atoms with Crippen molar-refractivity contribution in [2.24, 2.45) is 5.92 Å². The smallest absolute Gasteiger partial charge is 0.169 e. The number of nitrogens with one attached hydrogen (secondary N) is 1. The van der Waals surface area contributed by atoms with Crippen molar-refractivity contribution in [3.05, 3.63) is 24.3 Å². The lowest BCUT2D eigenvalue weighted by molar-refractivity contribution is 0.293. The molecule has 1 heterocycles. The van der Waals surface area contributed by atoms with Gasteiger partial charge in [-0.3, -0.25) is 0 Å². The Kier molecular flexibility index (Phi) is 5.82. The largest absolute Gasteiger partial charge is 0.497 e. The molecular weight excluding hydrogens is 318 g/mol. The van der Waals surface area contributed by atoms with Gasteiger partial charge < -0.3 is 19.9 Å². The number of benzene rings is 1. The van der Waals surface area contributed by atoms with E-state index in [0.717, 1.165) is 43.0 Å². The zero-order valence-corrected chi connectivity index (χ0v) is 15.6. The van der Waals surface area contributed by atoms with Gasteiger partial charge in [-0.1, -0.05) is 19.8 Å². The summed E-state index contributed by atoms with van der Waals surface area (Å²) in [4.78, 5) is 4.75. The molecule has 2 aliphatic rings. The van der Waals surface area contributed by atoms with Gasteiger partial charge in [-0.25, -0.2) is 0 Å². The van der Waals surface area contributed by atoms with Gasteiger partial charge in [-0.15, -0.1) is 0 Å². The zero-order valence-electron chi connectivity index (χ0n) is 14.8. The first-order chi connectivity index (χ1) is 11.7. The highest BCUT2D eigenvalue weighted by Crippen LogP contribution is 2.24. The summed E-state index contributed by atoms with van der Waals surface area (Å²) in [6.07, 6.45) is 5.28. The van der Waals surface area contributed by atoms with Crippen LogP contribution in [0.3, 0.4) is 0 Å². The number of thiocarbonyl (C=S) groups is 1. The maximum absolute atomic E-state index is 5.68. The van der Waals surface area contributed by atoms with Gasteiger partial charge in [0.15, 0.2) is 5.11 Å². The molecule has 1 N–H and O–H groups in total. The lowest BCUT2D eigenvalue weighted by Crippen LogP contribution is -2.54. The SMILES string of the molecule is COc1ccc(N2CCN(C(=S)N[C@H]3CCCC[C@H]3C)CC2)cc1. The van der Waals surface area contributed by atoms with Crippen molar-refractivity contribution in [2.75, 3.05) is 38.2 Å². The molecule has 0 spiro atoms. The minimum Gasteiger partial charge on any atom is -0.497 e. The van der Waals surface area contributed by atoms with Gasteiger partial charge in [0, 0.05) is 37.9 Å². The third-order valence-corrected chi connectivity index (χ3v) is 5.80. The fraction of sp³-hybridized carbons (Fsp3) is 0.632. The van der Waals surface area contributed by atoms with Crippen molar-refractivity contribution in [1.82, 2.24) is 10.2 Å². The Morgan fingerprint density at radius 1 is 1.08 bits per heavy atom. The van der Waals surface area contributed by atoms with Crippen LogP contribution in [0.5, 0.6) is 5.75 Å². The maximum Gasteiger partial charge on any atom is 0.169 e. The van der Waals surface area contributed by atoms with Crippen LogP contribution in [-0.4, -0.2) is 49.3 Å². The summed E-state index contributed by atoms with van der Waals surface area (Å²) in [5.41, 5.74) is 1.26. The third-order valence-electron chi connectivity index (χ3n) is 5.42. The van der Waals surface area contributed by atoms with Crippen LogP contribution in [0.25, 0.3) is 0 Å². The highest BCUT2D eigenvalue weighted by atomic mass is 32.1. The van der Waals surface area contributed by atoms with E-state index in [4.69, 9.17) is 17.0 Å². The average molecular weight is 348 g/mol. The van der Waals surface area contributed by atoms with Crippen LogP contribution in [0.2, 0.25) is 0 Å². The summed E-state index contributed by atoms with van der Waals surface area (Å²) in [5.74, 6) is 1.64. The van der Waals surface area contributed by atoms with Crippen molar-refractivity contribution < 1.29 is 4.74 Å². The molecule has 3 rings (SSSR count). The second kappa shape index (κ2) is 8.06. The lowest BCUT2D eigenvalue weighted by Gasteiger charge is -2.39. The summed E-state index contributed by atoms with van der Waals surface area (Å²) < 4.78 is 5.23. The van der Waals surface area contributed by atoms with Crippen LogP contribution in [0.4, 0.5) is 5.69 Å². The van der Waals surface area contributed by atoms with E-state index < -0.39 is 0 Å². The van der Waals surface area contributed by atoms with Crippen molar-refractivity contribution in [3.63, 3.8) is 0 Å². The van der Waals surface area contributed by atoms with Crippen LogP contribution in [0, 0.1) is 5.92 Å². The number of hydrogen-bond donors (Lipinski definition) is 1. The molecule has 1 saturated carbocycles. The van der Waals surface area contributed by atoms with E-state index in [2.05, 4.69) is 34.2 Å². The fourth-order valence-corrected chi connectivity index (χ4v) is 4.08. The first-order valence-electron chi connectivity index (χ1n) is 9.12. The van der Waals surface area contributed by atoms with Crippen LogP contribution in [0.1, 0.15) is 32.6 Å². The molecule has 2 fully saturated rings. The molecule has 0 bridgehead atoms. The molecule has 1 aromatic rings. The van der Waals surface area contributed by atoms with Crippen molar-refractivity contribution in [3.8, 4) is 5.75 Å². The Labute approximate surface area is 151 Å². The van der Waals surface area contributed by atoms with Gasteiger partial charge in [-0.05, 0) is 55.2 Å². The molecule has 0 amide bonds. The third kappa shape index (κ3) is 4.12. The van der Waals surface area contributed by atoms with Gasteiger partial charge in [0.2, 0.25) is 0 Å². The fourth-order valence-electron chi connectivity index (χ4n) is 3.74. The number of rotatable bonds is 3. The van der Waals surface area contributed by atoms with Gasteiger partial charge in [0.25, 0.3) is 0 Å². The molecule has 0 aromatic heterocycles. The molecule has 24 heavy (non-hydrogen) atoms. The normalized spacial score (nSPS) is 24.6. The van der Waals surface area contributed by atoms with Gasteiger partial charge in [-0.2, -0.15) is 0 Å². The maximum atomic E-state index is 5.68. The monoisotopic (exact) mass is 347 g/mol. The topological polar surface area (TPSA) is 27.7 Å².